The number of hydrogen-bond donors (Lipinski definition) is 0. The van der Waals surface area contributed by atoms with Crippen molar-refractivity contribution in [2.75, 3.05) is 33.8 Å². The third kappa shape index (κ3) is 3.49. The second-order valence-electron chi connectivity index (χ2n) is 7.72. The van der Waals surface area contributed by atoms with Gasteiger partial charge < -0.3 is 9.64 Å². The summed E-state index contributed by atoms with van der Waals surface area (Å²) in [4.78, 5) is 17.3. The van der Waals surface area contributed by atoms with Gasteiger partial charge in [-0.3, -0.25) is 9.69 Å². The Kier molecular flexibility index (Phi) is 5.96. The molecule has 0 bridgehead atoms. The molecule has 2 fully saturated rings. The fraction of sp³-hybridized carbons (Fsp3) is 0.409. The van der Waals surface area contributed by atoms with Gasteiger partial charge in [0.1, 0.15) is 11.6 Å². The van der Waals surface area contributed by atoms with Gasteiger partial charge in [-0.15, -0.1) is 12.4 Å². The molecule has 0 aliphatic carbocycles. The molecule has 3 atom stereocenters. The van der Waals surface area contributed by atoms with Crippen LogP contribution in [-0.4, -0.2) is 49.5 Å². The number of carbonyl (C=O) groups excluding carboxylic acids is 1. The fourth-order valence-electron chi connectivity index (χ4n) is 4.83. The van der Waals surface area contributed by atoms with Gasteiger partial charge in [0, 0.05) is 31.6 Å². The molecule has 0 spiro atoms. The number of fused-ring (bicyclic) bond motifs is 1. The highest BCUT2D eigenvalue weighted by atomic mass is 35.5. The quantitative estimate of drug-likeness (QED) is 0.776. The standard InChI is InChI=1S/C22H25FN2O2.ClH/c1-14-6-4-5-7-17(14)21-19-13-25(12-15(19)11-24(21)2)22(26)18-10-16(23)8-9-20(18)27-3;/h4-10,15,19,21H,11-13H2,1-3H3;1H/t15-,19+,21+;/m0./s1. The Morgan fingerprint density at radius 3 is 2.61 bits per heavy atom. The van der Waals surface area contributed by atoms with Crippen molar-refractivity contribution in [1.29, 1.82) is 0 Å². The second-order valence-corrected chi connectivity index (χ2v) is 7.72. The zero-order valence-corrected chi connectivity index (χ0v) is 17.2. The molecule has 6 heteroatoms. The molecule has 0 radical (unpaired) electrons. The van der Waals surface area contributed by atoms with E-state index in [0.717, 1.165) is 6.54 Å². The van der Waals surface area contributed by atoms with Crippen LogP contribution in [0.15, 0.2) is 42.5 Å². The fourth-order valence-corrected chi connectivity index (χ4v) is 4.83. The van der Waals surface area contributed by atoms with Gasteiger partial charge in [0.15, 0.2) is 0 Å². The number of methoxy groups -OCH3 is 1. The van der Waals surface area contributed by atoms with E-state index in [-0.39, 0.29) is 18.3 Å². The maximum absolute atomic E-state index is 13.7. The minimum atomic E-state index is -0.420. The van der Waals surface area contributed by atoms with Crippen LogP contribution < -0.4 is 4.74 Å². The molecular weight excluding hydrogens is 379 g/mol. The molecule has 2 aliphatic heterocycles. The van der Waals surface area contributed by atoms with Crippen molar-refractivity contribution in [3.63, 3.8) is 0 Å². The van der Waals surface area contributed by atoms with E-state index in [1.54, 1.807) is 0 Å². The van der Waals surface area contributed by atoms with Gasteiger partial charge in [-0.2, -0.15) is 0 Å². The lowest BCUT2D eigenvalue weighted by molar-refractivity contribution is 0.0764. The predicted molar refractivity (Wildman–Crippen MR) is 110 cm³/mol. The third-order valence-electron chi connectivity index (χ3n) is 6.08. The Bertz CT molecular complexity index is 875. The number of rotatable bonds is 3. The summed E-state index contributed by atoms with van der Waals surface area (Å²) in [5.74, 6) is 0.678. The average molecular weight is 405 g/mol. The van der Waals surface area contributed by atoms with Crippen LogP contribution in [0.5, 0.6) is 5.75 Å². The largest absolute Gasteiger partial charge is 0.496 e. The summed E-state index contributed by atoms with van der Waals surface area (Å²) in [7, 11) is 3.67. The van der Waals surface area contributed by atoms with Crippen molar-refractivity contribution in [3.8, 4) is 5.75 Å². The molecule has 1 amide bonds. The molecule has 150 valence electrons. The van der Waals surface area contributed by atoms with E-state index >= 15 is 0 Å². The van der Waals surface area contributed by atoms with E-state index in [0.29, 0.717) is 42.3 Å². The van der Waals surface area contributed by atoms with E-state index < -0.39 is 5.82 Å². The van der Waals surface area contributed by atoms with E-state index in [9.17, 15) is 9.18 Å². The Hall–Kier alpha value is -2.11. The molecular formula is C22H26ClFN2O2. The molecule has 0 aromatic heterocycles. The lowest BCUT2D eigenvalue weighted by atomic mass is 9.88. The van der Waals surface area contributed by atoms with Crippen LogP contribution in [0.2, 0.25) is 0 Å². The normalized spacial score (nSPS) is 24.0. The van der Waals surface area contributed by atoms with Gasteiger partial charge in [0.05, 0.1) is 12.7 Å². The number of benzene rings is 2. The zero-order valence-electron chi connectivity index (χ0n) is 16.4. The number of ether oxygens (including phenoxy) is 1. The zero-order chi connectivity index (χ0) is 19.1. The van der Waals surface area contributed by atoms with Gasteiger partial charge in [-0.05, 0) is 49.2 Å². The summed E-state index contributed by atoms with van der Waals surface area (Å²) in [5.41, 5.74) is 2.93. The molecule has 2 aromatic carbocycles. The van der Waals surface area contributed by atoms with E-state index in [4.69, 9.17) is 4.74 Å². The maximum atomic E-state index is 13.7. The number of aryl methyl sites for hydroxylation is 1. The Labute approximate surface area is 171 Å². The molecule has 4 nitrogen and oxygen atoms in total. The number of hydrogen-bond acceptors (Lipinski definition) is 3. The third-order valence-corrected chi connectivity index (χ3v) is 6.08. The van der Waals surface area contributed by atoms with Crippen LogP contribution in [0.1, 0.15) is 27.5 Å². The summed E-state index contributed by atoms with van der Waals surface area (Å²) in [6.45, 7) is 4.50. The topological polar surface area (TPSA) is 32.8 Å². The maximum Gasteiger partial charge on any atom is 0.257 e. The van der Waals surface area contributed by atoms with Crippen LogP contribution in [0.25, 0.3) is 0 Å². The summed E-state index contributed by atoms with van der Waals surface area (Å²) in [5, 5.41) is 0. The molecule has 0 saturated carbocycles. The first-order chi connectivity index (χ1) is 13.0. The first kappa shape index (κ1) is 20.6. The van der Waals surface area contributed by atoms with Crippen LogP contribution in [0.3, 0.4) is 0 Å². The van der Waals surface area contributed by atoms with Crippen molar-refractivity contribution >= 4 is 18.3 Å². The van der Waals surface area contributed by atoms with Gasteiger partial charge in [-0.1, -0.05) is 24.3 Å². The van der Waals surface area contributed by atoms with E-state index in [1.807, 2.05) is 4.90 Å². The van der Waals surface area contributed by atoms with Crippen molar-refractivity contribution in [2.45, 2.75) is 13.0 Å². The molecule has 2 aliphatic rings. The van der Waals surface area contributed by atoms with Crippen LogP contribution in [0.4, 0.5) is 4.39 Å². The lowest BCUT2D eigenvalue weighted by Crippen LogP contribution is -2.33. The SMILES string of the molecule is COc1ccc(F)cc1C(=O)N1C[C@@H]2CN(C)[C@H](c3ccccc3C)[C@@H]2C1.Cl. The average Bonchev–Trinajstić information content (AvgIpc) is 3.18. The molecule has 0 unspecified atom stereocenters. The number of carbonyl (C=O) groups is 1. The molecule has 2 aromatic rings. The number of amides is 1. The first-order valence-electron chi connectivity index (χ1n) is 9.38. The number of halogens is 2. The minimum Gasteiger partial charge on any atom is -0.496 e. The number of likely N-dealkylation sites (tertiary alicyclic amines) is 2. The number of nitrogens with zero attached hydrogens (tertiary/aromatic N) is 2. The van der Waals surface area contributed by atoms with Gasteiger partial charge in [0.2, 0.25) is 0 Å². The van der Waals surface area contributed by atoms with Crippen molar-refractivity contribution in [2.24, 2.45) is 11.8 Å². The second kappa shape index (κ2) is 8.10. The molecule has 4 rings (SSSR count). The highest BCUT2D eigenvalue weighted by molar-refractivity contribution is 5.97. The van der Waals surface area contributed by atoms with Crippen LogP contribution >= 0.6 is 12.4 Å². The minimum absolute atomic E-state index is 0. The van der Waals surface area contributed by atoms with Crippen LogP contribution in [0, 0.1) is 24.6 Å². The molecule has 28 heavy (non-hydrogen) atoms. The Morgan fingerprint density at radius 2 is 1.89 bits per heavy atom. The van der Waals surface area contributed by atoms with E-state index in [2.05, 4.69) is 43.1 Å². The monoisotopic (exact) mass is 404 g/mol. The van der Waals surface area contributed by atoms with Crippen LogP contribution in [-0.2, 0) is 0 Å². The summed E-state index contributed by atoms with van der Waals surface area (Å²) in [6.07, 6.45) is 0. The van der Waals surface area contributed by atoms with E-state index in [1.165, 1.54) is 36.4 Å². The summed E-state index contributed by atoms with van der Waals surface area (Å²) < 4.78 is 19.0. The smallest absolute Gasteiger partial charge is 0.257 e. The summed E-state index contributed by atoms with van der Waals surface area (Å²) in [6, 6.07) is 12.9. The van der Waals surface area contributed by atoms with Crippen molar-refractivity contribution < 1.29 is 13.9 Å². The Morgan fingerprint density at radius 1 is 1.14 bits per heavy atom. The van der Waals surface area contributed by atoms with Gasteiger partial charge >= 0.3 is 0 Å². The lowest BCUT2D eigenvalue weighted by Gasteiger charge is -2.28. The highest BCUT2D eigenvalue weighted by Gasteiger charge is 2.47. The van der Waals surface area contributed by atoms with Crippen molar-refractivity contribution in [1.82, 2.24) is 9.80 Å². The highest BCUT2D eigenvalue weighted by Crippen LogP contribution is 2.45. The van der Waals surface area contributed by atoms with Gasteiger partial charge in [0.25, 0.3) is 5.91 Å². The first-order valence-corrected chi connectivity index (χ1v) is 9.38. The molecule has 0 N–H and O–H groups in total. The predicted octanol–water partition coefficient (Wildman–Crippen LogP) is 3.94. The molecule has 2 saturated heterocycles. The summed E-state index contributed by atoms with van der Waals surface area (Å²) >= 11 is 0. The van der Waals surface area contributed by atoms with Gasteiger partial charge in [-0.25, -0.2) is 4.39 Å². The Balaban J connectivity index is 0.00000225. The van der Waals surface area contributed by atoms with Crippen molar-refractivity contribution in [3.05, 3.63) is 65.0 Å². The molecule has 2 heterocycles.